The van der Waals surface area contributed by atoms with Crippen molar-refractivity contribution in [1.29, 1.82) is 0 Å². The quantitative estimate of drug-likeness (QED) is 0.912. The van der Waals surface area contributed by atoms with Crippen LogP contribution in [0.1, 0.15) is 26.2 Å². The van der Waals surface area contributed by atoms with Crippen molar-refractivity contribution in [1.82, 2.24) is 4.31 Å². The molecule has 3 rings (SSSR count). The van der Waals surface area contributed by atoms with E-state index < -0.39 is 10.2 Å². The third kappa shape index (κ3) is 2.87. The summed E-state index contributed by atoms with van der Waals surface area (Å²) in [7, 11) is -3.43. The highest BCUT2D eigenvalue weighted by atomic mass is 32.2. The Morgan fingerprint density at radius 1 is 1.19 bits per heavy atom. The van der Waals surface area contributed by atoms with E-state index in [1.54, 1.807) is 8.61 Å². The first-order chi connectivity index (χ1) is 10.1. The van der Waals surface area contributed by atoms with E-state index >= 15 is 0 Å². The molecule has 0 spiro atoms. The Hall–Kier alpha value is -1.27. The standard InChI is InChI=1S/C15H23N3O2S/c1-13-6-4-10-17(12-13)21(19,20)18-11-5-9-16-14-7-2-3-8-15(14)18/h2-3,7-8,13,16H,4-6,9-12H2,1H3. The maximum Gasteiger partial charge on any atom is 0.304 e. The lowest BCUT2D eigenvalue weighted by atomic mass is 10.0. The van der Waals surface area contributed by atoms with Gasteiger partial charge in [0.15, 0.2) is 0 Å². The van der Waals surface area contributed by atoms with Crippen LogP contribution in [0, 0.1) is 5.92 Å². The molecular formula is C15H23N3O2S. The van der Waals surface area contributed by atoms with Crippen molar-refractivity contribution in [2.45, 2.75) is 26.2 Å². The molecule has 0 aromatic heterocycles. The summed E-state index contributed by atoms with van der Waals surface area (Å²) in [4.78, 5) is 0. The molecule has 0 amide bonds. The molecule has 0 aliphatic carbocycles. The second kappa shape index (κ2) is 5.85. The Labute approximate surface area is 127 Å². The Bertz CT molecular complexity index is 603. The highest BCUT2D eigenvalue weighted by Gasteiger charge is 2.34. The number of anilines is 2. The van der Waals surface area contributed by atoms with Gasteiger partial charge in [-0.1, -0.05) is 19.1 Å². The highest BCUT2D eigenvalue weighted by molar-refractivity contribution is 7.90. The van der Waals surface area contributed by atoms with Gasteiger partial charge in [0, 0.05) is 26.2 Å². The van der Waals surface area contributed by atoms with Crippen LogP contribution >= 0.6 is 0 Å². The van der Waals surface area contributed by atoms with Crippen LogP contribution in [-0.4, -0.2) is 38.9 Å². The monoisotopic (exact) mass is 309 g/mol. The Morgan fingerprint density at radius 2 is 2.00 bits per heavy atom. The summed E-state index contributed by atoms with van der Waals surface area (Å²) in [5.74, 6) is 0.439. The molecule has 116 valence electrons. The van der Waals surface area contributed by atoms with E-state index in [-0.39, 0.29) is 0 Å². The van der Waals surface area contributed by atoms with E-state index in [2.05, 4.69) is 12.2 Å². The van der Waals surface area contributed by atoms with E-state index in [0.29, 0.717) is 25.6 Å². The van der Waals surface area contributed by atoms with E-state index in [1.165, 1.54) is 0 Å². The van der Waals surface area contributed by atoms with Crippen molar-refractivity contribution < 1.29 is 8.42 Å². The van der Waals surface area contributed by atoms with Crippen molar-refractivity contribution in [3.05, 3.63) is 24.3 Å². The van der Waals surface area contributed by atoms with E-state index in [0.717, 1.165) is 37.2 Å². The van der Waals surface area contributed by atoms with Gasteiger partial charge in [0.05, 0.1) is 11.4 Å². The van der Waals surface area contributed by atoms with Crippen molar-refractivity contribution >= 4 is 21.6 Å². The van der Waals surface area contributed by atoms with Gasteiger partial charge in [-0.05, 0) is 37.3 Å². The molecule has 2 heterocycles. The normalized spacial score (nSPS) is 24.0. The van der Waals surface area contributed by atoms with Crippen molar-refractivity contribution in [2.24, 2.45) is 5.92 Å². The van der Waals surface area contributed by atoms with Crippen molar-refractivity contribution in [3.63, 3.8) is 0 Å². The van der Waals surface area contributed by atoms with Crippen molar-refractivity contribution in [3.8, 4) is 0 Å². The largest absolute Gasteiger partial charge is 0.383 e. The summed E-state index contributed by atoms with van der Waals surface area (Å²) >= 11 is 0. The third-order valence-corrected chi connectivity index (χ3v) is 6.17. The summed E-state index contributed by atoms with van der Waals surface area (Å²) in [6, 6.07) is 7.67. The first-order valence-electron chi connectivity index (χ1n) is 7.70. The van der Waals surface area contributed by atoms with Crippen LogP contribution in [0.3, 0.4) is 0 Å². The second-order valence-electron chi connectivity index (χ2n) is 5.98. The van der Waals surface area contributed by atoms with Gasteiger partial charge in [-0.15, -0.1) is 0 Å². The summed E-state index contributed by atoms with van der Waals surface area (Å²) < 4.78 is 29.3. The molecule has 2 aliphatic heterocycles. The molecule has 0 saturated carbocycles. The minimum Gasteiger partial charge on any atom is -0.383 e. The van der Waals surface area contributed by atoms with Crippen LogP contribution in [0.4, 0.5) is 11.4 Å². The van der Waals surface area contributed by atoms with Gasteiger partial charge in [0.2, 0.25) is 0 Å². The predicted octanol–water partition coefficient (Wildman–Crippen LogP) is 2.29. The summed E-state index contributed by atoms with van der Waals surface area (Å²) in [5.41, 5.74) is 1.68. The van der Waals surface area contributed by atoms with Gasteiger partial charge in [0.1, 0.15) is 0 Å². The third-order valence-electron chi connectivity index (χ3n) is 4.25. The van der Waals surface area contributed by atoms with Crippen LogP contribution in [0.2, 0.25) is 0 Å². The Balaban J connectivity index is 1.94. The Kier molecular flexibility index (Phi) is 4.08. The molecule has 6 heteroatoms. The van der Waals surface area contributed by atoms with Gasteiger partial charge < -0.3 is 5.32 Å². The maximum absolute atomic E-state index is 13.0. The Morgan fingerprint density at radius 3 is 2.81 bits per heavy atom. The molecule has 0 bridgehead atoms. The molecule has 0 radical (unpaired) electrons. The zero-order valence-corrected chi connectivity index (χ0v) is 13.3. The first-order valence-corrected chi connectivity index (χ1v) is 9.09. The van der Waals surface area contributed by atoms with Gasteiger partial charge in [-0.2, -0.15) is 12.7 Å². The molecule has 1 aromatic carbocycles. The molecule has 1 saturated heterocycles. The molecule has 1 unspecified atom stereocenters. The molecule has 21 heavy (non-hydrogen) atoms. The van der Waals surface area contributed by atoms with Crippen molar-refractivity contribution in [2.75, 3.05) is 35.8 Å². The van der Waals surface area contributed by atoms with Crippen LogP contribution in [0.25, 0.3) is 0 Å². The number of nitrogens with one attached hydrogen (secondary N) is 1. The van der Waals surface area contributed by atoms with Crippen LogP contribution in [0.15, 0.2) is 24.3 Å². The van der Waals surface area contributed by atoms with Gasteiger partial charge in [0.25, 0.3) is 0 Å². The minimum atomic E-state index is -3.43. The van der Waals surface area contributed by atoms with Gasteiger partial charge in [-0.3, -0.25) is 4.31 Å². The predicted molar refractivity (Wildman–Crippen MR) is 85.8 cm³/mol. The van der Waals surface area contributed by atoms with Gasteiger partial charge in [-0.25, -0.2) is 0 Å². The van der Waals surface area contributed by atoms with Crippen LogP contribution in [-0.2, 0) is 10.2 Å². The fourth-order valence-corrected chi connectivity index (χ4v) is 4.99. The van der Waals surface area contributed by atoms with E-state index in [1.807, 2.05) is 24.3 Å². The van der Waals surface area contributed by atoms with E-state index in [4.69, 9.17) is 0 Å². The summed E-state index contributed by atoms with van der Waals surface area (Å²) in [6.45, 7) is 4.74. The molecule has 1 N–H and O–H groups in total. The molecule has 1 fully saturated rings. The lowest BCUT2D eigenvalue weighted by Gasteiger charge is -2.35. The number of nitrogens with zero attached hydrogens (tertiary/aromatic N) is 2. The first kappa shape index (κ1) is 14.7. The number of hydrogen-bond acceptors (Lipinski definition) is 3. The highest BCUT2D eigenvalue weighted by Crippen LogP contribution is 2.32. The fourth-order valence-electron chi connectivity index (χ4n) is 3.14. The van der Waals surface area contributed by atoms with Crippen LogP contribution < -0.4 is 9.62 Å². The number of hydrogen-bond donors (Lipinski definition) is 1. The summed E-state index contributed by atoms with van der Waals surface area (Å²) in [6.07, 6.45) is 2.88. The number of fused-ring (bicyclic) bond motifs is 1. The maximum atomic E-state index is 13.0. The number of piperidine rings is 1. The SMILES string of the molecule is CC1CCCN(S(=O)(=O)N2CCCNc3ccccc32)C1. The zero-order valence-electron chi connectivity index (χ0n) is 12.5. The number of rotatable bonds is 2. The average Bonchev–Trinajstić information content (AvgIpc) is 2.70. The van der Waals surface area contributed by atoms with E-state index in [9.17, 15) is 8.42 Å². The second-order valence-corrected chi connectivity index (χ2v) is 7.84. The zero-order chi connectivity index (χ0) is 14.9. The molecule has 2 aliphatic rings. The average molecular weight is 309 g/mol. The molecule has 1 atom stereocenters. The number of para-hydroxylation sites is 2. The smallest absolute Gasteiger partial charge is 0.304 e. The fraction of sp³-hybridized carbons (Fsp3) is 0.600. The minimum absolute atomic E-state index is 0.439. The lowest BCUT2D eigenvalue weighted by Crippen LogP contribution is -2.48. The van der Waals surface area contributed by atoms with Gasteiger partial charge >= 0.3 is 10.2 Å². The topological polar surface area (TPSA) is 52.7 Å². The molecular weight excluding hydrogens is 286 g/mol. The number of benzene rings is 1. The molecule has 5 nitrogen and oxygen atoms in total. The molecule has 1 aromatic rings. The van der Waals surface area contributed by atoms with Crippen LogP contribution in [0.5, 0.6) is 0 Å². The summed E-state index contributed by atoms with van der Waals surface area (Å²) in [5, 5.41) is 3.31. The lowest BCUT2D eigenvalue weighted by molar-refractivity contribution is 0.280.